The van der Waals surface area contributed by atoms with Gasteiger partial charge in [0.1, 0.15) is 0 Å². The second-order valence-electron chi connectivity index (χ2n) is 10.1. The highest BCUT2D eigenvalue weighted by atomic mass is 16.5. The minimum absolute atomic E-state index is 0.357. The number of ether oxygens (including phenoxy) is 2. The van der Waals surface area contributed by atoms with Crippen molar-refractivity contribution in [3.63, 3.8) is 0 Å². The number of hydrogen-bond acceptors (Lipinski definition) is 2. The van der Waals surface area contributed by atoms with E-state index in [9.17, 15) is 0 Å². The fourth-order valence-electron chi connectivity index (χ4n) is 4.78. The van der Waals surface area contributed by atoms with Crippen molar-refractivity contribution < 1.29 is 9.47 Å². The van der Waals surface area contributed by atoms with Crippen molar-refractivity contribution in [3.05, 3.63) is 0 Å². The third-order valence-corrected chi connectivity index (χ3v) is 6.34. The summed E-state index contributed by atoms with van der Waals surface area (Å²) in [6, 6.07) is 0. The fourth-order valence-corrected chi connectivity index (χ4v) is 4.78. The predicted octanol–water partition coefficient (Wildman–Crippen LogP) is 5.70. The molecule has 0 aromatic rings. The maximum atomic E-state index is 6.17. The second kappa shape index (κ2) is 7.87. The minimum Gasteiger partial charge on any atom is -0.381 e. The summed E-state index contributed by atoms with van der Waals surface area (Å²) in [6.07, 6.45) is 8.01. The van der Waals surface area contributed by atoms with Gasteiger partial charge >= 0.3 is 0 Å². The van der Waals surface area contributed by atoms with E-state index in [0.29, 0.717) is 16.9 Å². The Morgan fingerprint density at radius 3 is 2.17 bits per heavy atom. The molecule has 0 aromatic carbocycles. The maximum Gasteiger partial charge on any atom is 0.0583 e. The van der Waals surface area contributed by atoms with Gasteiger partial charge in [0.15, 0.2) is 0 Å². The molecule has 2 heteroatoms. The Kier molecular flexibility index (Phi) is 6.58. The molecule has 2 saturated heterocycles. The second-order valence-corrected chi connectivity index (χ2v) is 10.1. The quantitative estimate of drug-likeness (QED) is 0.646. The molecule has 0 aromatic heterocycles. The highest BCUT2D eigenvalue weighted by Crippen LogP contribution is 2.43. The Balaban J connectivity index is 1.88. The molecule has 2 rings (SSSR count). The first-order valence-electron chi connectivity index (χ1n) is 9.87. The summed E-state index contributed by atoms with van der Waals surface area (Å²) in [7, 11) is 0. The van der Waals surface area contributed by atoms with Gasteiger partial charge < -0.3 is 9.47 Å². The molecule has 0 amide bonds. The van der Waals surface area contributed by atoms with Crippen LogP contribution in [0.2, 0.25) is 0 Å². The van der Waals surface area contributed by atoms with Crippen molar-refractivity contribution in [1.82, 2.24) is 0 Å². The van der Waals surface area contributed by atoms with Gasteiger partial charge in [-0.1, -0.05) is 41.5 Å². The van der Waals surface area contributed by atoms with Gasteiger partial charge in [-0.25, -0.2) is 0 Å². The first-order valence-corrected chi connectivity index (χ1v) is 9.87. The van der Waals surface area contributed by atoms with Crippen LogP contribution in [-0.4, -0.2) is 25.9 Å². The molecule has 2 fully saturated rings. The maximum absolute atomic E-state index is 6.17. The van der Waals surface area contributed by atoms with E-state index in [2.05, 4.69) is 41.5 Å². The molecule has 0 bridgehead atoms. The van der Waals surface area contributed by atoms with Gasteiger partial charge in [-0.2, -0.15) is 0 Å². The van der Waals surface area contributed by atoms with Gasteiger partial charge in [0.05, 0.1) is 6.10 Å². The molecule has 2 heterocycles. The van der Waals surface area contributed by atoms with Crippen LogP contribution in [0.1, 0.15) is 80.1 Å². The largest absolute Gasteiger partial charge is 0.381 e. The first-order chi connectivity index (χ1) is 10.7. The monoisotopic (exact) mass is 324 g/mol. The Morgan fingerprint density at radius 1 is 0.913 bits per heavy atom. The van der Waals surface area contributed by atoms with Gasteiger partial charge in [-0.05, 0) is 67.1 Å². The summed E-state index contributed by atoms with van der Waals surface area (Å²) in [5, 5.41) is 0. The third-order valence-electron chi connectivity index (χ3n) is 6.34. The molecule has 0 aliphatic carbocycles. The average molecular weight is 325 g/mol. The van der Waals surface area contributed by atoms with E-state index in [1.54, 1.807) is 0 Å². The van der Waals surface area contributed by atoms with Crippen molar-refractivity contribution in [1.29, 1.82) is 0 Å². The highest BCUT2D eigenvalue weighted by Gasteiger charge is 2.37. The predicted molar refractivity (Wildman–Crippen MR) is 97.6 cm³/mol. The lowest BCUT2D eigenvalue weighted by molar-refractivity contribution is -0.0554. The summed E-state index contributed by atoms with van der Waals surface area (Å²) in [4.78, 5) is 0. The summed E-state index contributed by atoms with van der Waals surface area (Å²) >= 11 is 0. The van der Waals surface area contributed by atoms with Gasteiger partial charge in [0.25, 0.3) is 0 Å². The molecular weight excluding hydrogens is 284 g/mol. The van der Waals surface area contributed by atoms with Gasteiger partial charge in [-0.15, -0.1) is 0 Å². The minimum atomic E-state index is 0.357. The summed E-state index contributed by atoms with van der Waals surface area (Å²) in [6.45, 7) is 17.4. The van der Waals surface area contributed by atoms with Crippen LogP contribution in [0.15, 0.2) is 0 Å². The zero-order valence-electron chi connectivity index (χ0n) is 16.5. The van der Waals surface area contributed by atoms with Crippen molar-refractivity contribution in [2.45, 2.75) is 86.2 Å². The van der Waals surface area contributed by atoms with Crippen LogP contribution in [0.25, 0.3) is 0 Å². The normalized spacial score (nSPS) is 29.5. The lowest BCUT2D eigenvalue weighted by atomic mass is 9.67. The van der Waals surface area contributed by atoms with E-state index in [4.69, 9.17) is 9.47 Å². The Morgan fingerprint density at radius 2 is 1.57 bits per heavy atom. The first kappa shape index (κ1) is 19.2. The molecule has 0 N–H and O–H groups in total. The van der Waals surface area contributed by atoms with E-state index < -0.39 is 0 Å². The molecule has 0 saturated carbocycles. The molecule has 23 heavy (non-hydrogen) atoms. The van der Waals surface area contributed by atoms with Crippen LogP contribution in [0.4, 0.5) is 0 Å². The summed E-state index contributed by atoms with van der Waals surface area (Å²) in [5.41, 5.74) is 0.799. The molecule has 3 atom stereocenters. The van der Waals surface area contributed by atoms with Crippen LogP contribution in [0.5, 0.6) is 0 Å². The molecule has 2 nitrogen and oxygen atoms in total. The van der Waals surface area contributed by atoms with Gasteiger partial charge in [0.2, 0.25) is 0 Å². The SMILES string of the molecule is CC(C1CCOCC1)C(C)(C)CC1CC(CC(C)(C)C)CCO1. The fraction of sp³-hybridized carbons (Fsp3) is 1.00. The van der Waals surface area contributed by atoms with Gasteiger partial charge in [0, 0.05) is 19.8 Å². The van der Waals surface area contributed by atoms with Crippen LogP contribution < -0.4 is 0 Å². The number of hydrogen-bond donors (Lipinski definition) is 0. The van der Waals surface area contributed by atoms with Crippen molar-refractivity contribution >= 4 is 0 Å². The summed E-state index contributed by atoms with van der Waals surface area (Å²) < 4.78 is 11.7. The summed E-state index contributed by atoms with van der Waals surface area (Å²) in [5.74, 6) is 2.42. The molecule has 136 valence electrons. The lowest BCUT2D eigenvalue weighted by Crippen LogP contribution is -2.37. The van der Waals surface area contributed by atoms with Gasteiger partial charge in [-0.3, -0.25) is 0 Å². The molecule has 3 unspecified atom stereocenters. The Labute approximate surface area is 144 Å². The van der Waals surface area contributed by atoms with Crippen LogP contribution >= 0.6 is 0 Å². The lowest BCUT2D eigenvalue weighted by Gasteiger charge is -2.43. The average Bonchev–Trinajstić information content (AvgIpc) is 2.45. The van der Waals surface area contributed by atoms with Crippen molar-refractivity contribution in [3.8, 4) is 0 Å². The standard InChI is InChI=1S/C21H40O2/c1-16(18-8-10-22-11-9-18)21(5,6)15-19-13-17(7-12-23-19)14-20(2,3)4/h16-19H,7-15H2,1-6H3. The molecular formula is C21H40O2. The molecule has 0 spiro atoms. The topological polar surface area (TPSA) is 18.5 Å². The van der Waals surface area contributed by atoms with E-state index in [1.165, 1.54) is 38.5 Å². The van der Waals surface area contributed by atoms with E-state index >= 15 is 0 Å². The zero-order chi connectivity index (χ0) is 17.1. The van der Waals surface area contributed by atoms with Crippen LogP contribution in [0, 0.1) is 28.6 Å². The Bertz CT molecular complexity index is 349. The van der Waals surface area contributed by atoms with Crippen LogP contribution in [0.3, 0.4) is 0 Å². The zero-order valence-corrected chi connectivity index (χ0v) is 16.5. The van der Waals surface area contributed by atoms with Crippen LogP contribution in [-0.2, 0) is 9.47 Å². The number of rotatable bonds is 5. The van der Waals surface area contributed by atoms with Crippen molar-refractivity contribution in [2.24, 2.45) is 28.6 Å². The molecule has 2 aliphatic heterocycles. The third kappa shape index (κ3) is 6.05. The smallest absolute Gasteiger partial charge is 0.0583 e. The van der Waals surface area contributed by atoms with E-state index in [0.717, 1.165) is 37.6 Å². The van der Waals surface area contributed by atoms with E-state index in [-0.39, 0.29) is 0 Å². The highest BCUT2D eigenvalue weighted by molar-refractivity contribution is 4.86. The Hall–Kier alpha value is -0.0800. The molecule has 0 radical (unpaired) electrons. The molecule has 2 aliphatic rings. The van der Waals surface area contributed by atoms with Crippen molar-refractivity contribution in [2.75, 3.05) is 19.8 Å². The van der Waals surface area contributed by atoms with E-state index in [1.807, 2.05) is 0 Å².